The summed E-state index contributed by atoms with van der Waals surface area (Å²) >= 11 is 0. The van der Waals surface area contributed by atoms with Crippen molar-refractivity contribution in [1.82, 2.24) is 0 Å². The minimum absolute atomic E-state index is 0.0146. The van der Waals surface area contributed by atoms with Gasteiger partial charge in [-0.05, 0) is 24.1 Å². The third kappa shape index (κ3) is 3.80. The molecule has 1 atom stereocenters. The number of aliphatic hydroxyl groups excluding tert-OH is 1. The maximum atomic E-state index is 12.4. The van der Waals surface area contributed by atoms with E-state index in [0.29, 0.717) is 5.69 Å². The van der Waals surface area contributed by atoms with Gasteiger partial charge in [-0.3, -0.25) is 0 Å². The van der Waals surface area contributed by atoms with Crippen molar-refractivity contribution in [3.63, 3.8) is 0 Å². The standard InChI is InChI=1S/C12H17F3N2O/c1-7(2)11(18)6-17-10-4-3-8(5-9(10)16)12(13,14)15/h3-5,7,11,17-18H,6,16H2,1-2H3. The Kier molecular flexibility index (Phi) is 4.45. The molecular formula is C12H17F3N2O. The largest absolute Gasteiger partial charge is 0.416 e. The van der Waals surface area contributed by atoms with E-state index in [1.807, 2.05) is 13.8 Å². The van der Waals surface area contributed by atoms with Crippen molar-refractivity contribution in [2.75, 3.05) is 17.6 Å². The lowest BCUT2D eigenvalue weighted by Gasteiger charge is -2.17. The number of anilines is 2. The molecule has 1 aromatic carbocycles. The van der Waals surface area contributed by atoms with Crippen LogP contribution < -0.4 is 11.1 Å². The first kappa shape index (κ1) is 14.6. The van der Waals surface area contributed by atoms with Crippen LogP contribution in [0.4, 0.5) is 24.5 Å². The average molecular weight is 262 g/mol. The number of hydrogen-bond acceptors (Lipinski definition) is 3. The van der Waals surface area contributed by atoms with Crippen LogP contribution in [0.25, 0.3) is 0 Å². The van der Waals surface area contributed by atoms with E-state index in [1.54, 1.807) is 0 Å². The molecule has 0 aromatic heterocycles. The van der Waals surface area contributed by atoms with Gasteiger partial charge in [0.2, 0.25) is 0 Å². The monoisotopic (exact) mass is 262 g/mol. The number of benzene rings is 1. The second-order valence-electron chi connectivity index (χ2n) is 4.49. The quantitative estimate of drug-likeness (QED) is 0.731. The van der Waals surface area contributed by atoms with Crippen LogP contribution in [0.5, 0.6) is 0 Å². The Morgan fingerprint density at radius 2 is 1.94 bits per heavy atom. The molecule has 0 aliphatic rings. The van der Waals surface area contributed by atoms with E-state index in [4.69, 9.17) is 5.73 Å². The average Bonchev–Trinajstić information content (AvgIpc) is 2.25. The molecule has 1 unspecified atom stereocenters. The molecule has 0 saturated carbocycles. The molecule has 0 amide bonds. The van der Waals surface area contributed by atoms with Crippen LogP contribution in [0.1, 0.15) is 19.4 Å². The molecule has 18 heavy (non-hydrogen) atoms. The smallest absolute Gasteiger partial charge is 0.397 e. The molecule has 0 aliphatic heterocycles. The number of hydrogen-bond donors (Lipinski definition) is 3. The van der Waals surface area contributed by atoms with Gasteiger partial charge in [0.1, 0.15) is 0 Å². The highest BCUT2D eigenvalue weighted by Crippen LogP contribution is 2.32. The molecule has 3 nitrogen and oxygen atoms in total. The van der Waals surface area contributed by atoms with Crippen molar-refractivity contribution >= 4 is 11.4 Å². The van der Waals surface area contributed by atoms with Gasteiger partial charge in [-0.2, -0.15) is 13.2 Å². The number of nitrogen functional groups attached to an aromatic ring is 1. The maximum absolute atomic E-state index is 12.4. The van der Waals surface area contributed by atoms with Crippen LogP contribution in [-0.2, 0) is 6.18 Å². The summed E-state index contributed by atoms with van der Waals surface area (Å²) in [5.41, 5.74) is 5.16. The topological polar surface area (TPSA) is 58.3 Å². The number of halogens is 3. The number of nitrogens with one attached hydrogen (secondary N) is 1. The van der Waals surface area contributed by atoms with Crippen molar-refractivity contribution in [1.29, 1.82) is 0 Å². The van der Waals surface area contributed by atoms with Crippen molar-refractivity contribution in [2.45, 2.75) is 26.1 Å². The lowest BCUT2D eigenvalue weighted by molar-refractivity contribution is -0.137. The van der Waals surface area contributed by atoms with Gasteiger partial charge >= 0.3 is 6.18 Å². The van der Waals surface area contributed by atoms with Gasteiger partial charge < -0.3 is 16.2 Å². The molecule has 0 radical (unpaired) electrons. The number of rotatable bonds is 4. The molecule has 4 N–H and O–H groups in total. The highest BCUT2D eigenvalue weighted by Gasteiger charge is 2.30. The van der Waals surface area contributed by atoms with Crippen LogP contribution >= 0.6 is 0 Å². The van der Waals surface area contributed by atoms with Crippen LogP contribution in [0.3, 0.4) is 0 Å². The summed E-state index contributed by atoms with van der Waals surface area (Å²) in [7, 11) is 0. The maximum Gasteiger partial charge on any atom is 0.416 e. The highest BCUT2D eigenvalue weighted by molar-refractivity contribution is 5.67. The Bertz CT molecular complexity index is 405. The van der Waals surface area contributed by atoms with Crippen molar-refractivity contribution in [3.05, 3.63) is 23.8 Å². The minimum Gasteiger partial charge on any atom is -0.397 e. The van der Waals surface area contributed by atoms with Gasteiger partial charge in [-0.25, -0.2) is 0 Å². The fourth-order valence-corrected chi connectivity index (χ4v) is 1.35. The first-order chi connectivity index (χ1) is 8.21. The van der Waals surface area contributed by atoms with Gasteiger partial charge in [0.05, 0.1) is 23.0 Å². The zero-order valence-corrected chi connectivity index (χ0v) is 10.3. The molecule has 0 saturated heterocycles. The minimum atomic E-state index is -4.40. The predicted octanol–water partition coefficient (Wildman–Crippen LogP) is 2.72. The third-order valence-corrected chi connectivity index (χ3v) is 2.65. The number of aliphatic hydroxyl groups is 1. The first-order valence-corrected chi connectivity index (χ1v) is 5.60. The predicted molar refractivity (Wildman–Crippen MR) is 65.2 cm³/mol. The second-order valence-corrected chi connectivity index (χ2v) is 4.49. The second kappa shape index (κ2) is 5.48. The van der Waals surface area contributed by atoms with Crippen molar-refractivity contribution in [2.24, 2.45) is 5.92 Å². The van der Waals surface area contributed by atoms with Crippen LogP contribution in [0, 0.1) is 5.92 Å². The zero-order valence-electron chi connectivity index (χ0n) is 10.3. The van der Waals surface area contributed by atoms with E-state index in [0.717, 1.165) is 12.1 Å². The van der Waals surface area contributed by atoms with Crippen LogP contribution in [0.15, 0.2) is 18.2 Å². The van der Waals surface area contributed by atoms with Gasteiger partial charge in [0, 0.05) is 6.54 Å². The van der Waals surface area contributed by atoms with Gasteiger partial charge in [0.25, 0.3) is 0 Å². The number of nitrogens with two attached hydrogens (primary N) is 1. The molecule has 1 rings (SSSR count). The molecule has 0 spiro atoms. The number of alkyl halides is 3. The molecule has 0 heterocycles. The first-order valence-electron chi connectivity index (χ1n) is 5.60. The van der Waals surface area contributed by atoms with Crippen LogP contribution in [0.2, 0.25) is 0 Å². The van der Waals surface area contributed by atoms with Gasteiger partial charge in [-0.15, -0.1) is 0 Å². The zero-order chi connectivity index (χ0) is 13.9. The lowest BCUT2D eigenvalue weighted by Crippen LogP contribution is -2.25. The summed E-state index contributed by atoms with van der Waals surface area (Å²) < 4.78 is 37.2. The van der Waals surface area contributed by atoms with E-state index in [9.17, 15) is 18.3 Å². The summed E-state index contributed by atoms with van der Waals surface area (Å²) in [5, 5.41) is 12.4. The SMILES string of the molecule is CC(C)C(O)CNc1ccc(C(F)(F)F)cc1N. The fourth-order valence-electron chi connectivity index (χ4n) is 1.35. The van der Waals surface area contributed by atoms with E-state index in [-0.39, 0.29) is 18.2 Å². The Hall–Kier alpha value is -1.43. The molecule has 0 bridgehead atoms. The highest BCUT2D eigenvalue weighted by atomic mass is 19.4. The summed E-state index contributed by atoms with van der Waals surface area (Å²) in [6.07, 6.45) is -4.98. The summed E-state index contributed by atoms with van der Waals surface area (Å²) in [6.45, 7) is 3.94. The van der Waals surface area contributed by atoms with E-state index < -0.39 is 17.8 Å². The Morgan fingerprint density at radius 3 is 2.39 bits per heavy atom. The Morgan fingerprint density at radius 1 is 1.33 bits per heavy atom. The van der Waals surface area contributed by atoms with Crippen LogP contribution in [-0.4, -0.2) is 17.8 Å². The van der Waals surface area contributed by atoms with E-state index >= 15 is 0 Å². The molecule has 0 aliphatic carbocycles. The third-order valence-electron chi connectivity index (χ3n) is 2.65. The molecule has 1 aromatic rings. The van der Waals surface area contributed by atoms with E-state index in [1.165, 1.54) is 6.07 Å². The molecule has 0 fully saturated rings. The fraction of sp³-hybridized carbons (Fsp3) is 0.500. The molecule has 102 valence electrons. The van der Waals surface area contributed by atoms with Gasteiger partial charge in [-0.1, -0.05) is 13.8 Å². The summed E-state index contributed by atoms with van der Waals surface area (Å²) in [6, 6.07) is 3.11. The Labute approximate surface area is 104 Å². The Balaban J connectivity index is 2.75. The van der Waals surface area contributed by atoms with Crippen molar-refractivity contribution in [3.8, 4) is 0 Å². The van der Waals surface area contributed by atoms with E-state index in [2.05, 4.69) is 5.32 Å². The molecule has 6 heteroatoms. The normalized spacial score (nSPS) is 13.7. The van der Waals surface area contributed by atoms with Gasteiger partial charge in [0.15, 0.2) is 0 Å². The lowest BCUT2D eigenvalue weighted by atomic mass is 10.1. The summed E-state index contributed by atoms with van der Waals surface area (Å²) in [4.78, 5) is 0. The summed E-state index contributed by atoms with van der Waals surface area (Å²) in [5.74, 6) is 0.0631. The van der Waals surface area contributed by atoms with Crippen molar-refractivity contribution < 1.29 is 18.3 Å². The molecular weight excluding hydrogens is 245 g/mol.